The first-order valence-corrected chi connectivity index (χ1v) is 9.90. The van der Waals surface area contributed by atoms with Gasteiger partial charge in [0.15, 0.2) is 11.3 Å². The first kappa shape index (κ1) is 22.7. The predicted octanol–water partition coefficient (Wildman–Crippen LogP) is 4.58. The van der Waals surface area contributed by atoms with Crippen LogP contribution in [0.15, 0.2) is 48.5 Å². The minimum absolute atomic E-state index is 0.0750. The maximum absolute atomic E-state index is 12.0. The Balaban J connectivity index is 1.94. The zero-order valence-corrected chi connectivity index (χ0v) is 18.3. The summed E-state index contributed by atoms with van der Waals surface area (Å²) in [6, 6.07) is 15.1. The zero-order chi connectivity index (χ0) is 20.7. The van der Waals surface area contributed by atoms with Gasteiger partial charge in [-0.15, -0.1) is 5.48 Å². The number of alkyl halides is 3. The third-order valence-corrected chi connectivity index (χ3v) is 4.60. The van der Waals surface area contributed by atoms with Crippen molar-refractivity contribution in [2.24, 2.45) is 0 Å². The van der Waals surface area contributed by atoms with Crippen LogP contribution in [0, 0.1) is 13.8 Å². The van der Waals surface area contributed by atoms with Gasteiger partial charge in [-0.05, 0) is 48.8 Å². The first-order valence-electron chi connectivity index (χ1n) is 8.36. The van der Waals surface area contributed by atoms with Gasteiger partial charge in [0.2, 0.25) is 3.79 Å². The lowest BCUT2D eigenvalue weighted by atomic mass is 10.1. The number of thiocarbonyl (C=S) groups is 1. The molecule has 2 aromatic carbocycles. The monoisotopic (exact) mass is 459 g/mol. The molecule has 150 valence electrons. The summed E-state index contributed by atoms with van der Waals surface area (Å²) in [6.07, 6.45) is -0.992. The SMILES string of the molecule is Cc1ccc(C)c(NC(=S)NC(NOC(=O)Cc2ccccc2)C(Cl)(Cl)Cl)c1. The van der Waals surface area contributed by atoms with E-state index in [0.29, 0.717) is 0 Å². The van der Waals surface area contributed by atoms with Gasteiger partial charge in [-0.25, -0.2) is 0 Å². The molecule has 0 bridgehead atoms. The molecule has 0 amide bonds. The van der Waals surface area contributed by atoms with Crippen molar-refractivity contribution < 1.29 is 9.63 Å². The molecule has 0 heterocycles. The fourth-order valence-electron chi connectivity index (χ4n) is 2.26. The highest BCUT2D eigenvalue weighted by Gasteiger charge is 2.34. The number of hydrogen-bond donors (Lipinski definition) is 3. The van der Waals surface area contributed by atoms with E-state index in [9.17, 15) is 4.79 Å². The summed E-state index contributed by atoms with van der Waals surface area (Å²) in [7, 11) is 0. The minimum atomic E-state index is -1.83. The standard InChI is InChI=1S/C19H20Cl3N3O2S/c1-12-8-9-13(2)15(10-12)23-18(28)24-17(19(20,21)22)25-27-16(26)11-14-6-4-3-5-7-14/h3-10,17,25H,11H2,1-2H3,(H2,23,24,28). The number of anilines is 1. The molecule has 28 heavy (non-hydrogen) atoms. The van der Waals surface area contributed by atoms with Gasteiger partial charge in [0, 0.05) is 5.69 Å². The van der Waals surface area contributed by atoms with Crippen LogP contribution in [0.2, 0.25) is 0 Å². The normalized spacial score (nSPS) is 12.2. The summed E-state index contributed by atoms with van der Waals surface area (Å²) in [4.78, 5) is 17.0. The lowest BCUT2D eigenvalue weighted by Crippen LogP contribution is -2.54. The predicted molar refractivity (Wildman–Crippen MR) is 119 cm³/mol. The number of carbonyl (C=O) groups excluding carboxylic acids is 1. The van der Waals surface area contributed by atoms with E-state index >= 15 is 0 Å². The molecular weight excluding hydrogens is 441 g/mol. The Hall–Kier alpha value is -1.57. The summed E-state index contributed by atoms with van der Waals surface area (Å²) in [6.45, 7) is 3.92. The lowest BCUT2D eigenvalue weighted by molar-refractivity contribution is -0.152. The van der Waals surface area contributed by atoms with Crippen molar-refractivity contribution >= 4 is 63.8 Å². The molecule has 0 aliphatic heterocycles. The number of carbonyl (C=O) groups is 1. The van der Waals surface area contributed by atoms with E-state index in [0.717, 1.165) is 22.4 Å². The van der Waals surface area contributed by atoms with Crippen LogP contribution in [0.1, 0.15) is 16.7 Å². The van der Waals surface area contributed by atoms with E-state index in [4.69, 9.17) is 51.9 Å². The minimum Gasteiger partial charge on any atom is -0.368 e. The summed E-state index contributed by atoms with van der Waals surface area (Å²) >= 11 is 23.2. The van der Waals surface area contributed by atoms with E-state index in [1.54, 1.807) is 0 Å². The van der Waals surface area contributed by atoms with Gasteiger partial charge in [-0.3, -0.25) is 4.79 Å². The van der Waals surface area contributed by atoms with Gasteiger partial charge in [-0.1, -0.05) is 77.3 Å². The molecule has 0 saturated heterocycles. The van der Waals surface area contributed by atoms with Crippen LogP contribution in [0.4, 0.5) is 5.69 Å². The van der Waals surface area contributed by atoms with Crippen molar-refractivity contribution in [3.8, 4) is 0 Å². The fourth-order valence-corrected chi connectivity index (χ4v) is 2.79. The molecule has 5 nitrogen and oxygen atoms in total. The summed E-state index contributed by atoms with van der Waals surface area (Å²) in [5.74, 6) is -0.527. The Morgan fingerprint density at radius 1 is 1.14 bits per heavy atom. The average Bonchev–Trinajstić information content (AvgIpc) is 2.61. The Labute approximate surface area is 184 Å². The maximum atomic E-state index is 12.0. The lowest BCUT2D eigenvalue weighted by Gasteiger charge is -2.27. The van der Waals surface area contributed by atoms with E-state index in [2.05, 4.69) is 16.1 Å². The highest BCUT2D eigenvalue weighted by Crippen LogP contribution is 2.29. The van der Waals surface area contributed by atoms with Crippen molar-refractivity contribution in [1.29, 1.82) is 0 Å². The molecule has 2 aromatic rings. The summed E-state index contributed by atoms with van der Waals surface area (Å²) in [5.41, 5.74) is 6.14. The number of hydrogen-bond acceptors (Lipinski definition) is 4. The van der Waals surface area contributed by atoms with Gasteiger partial charge < -0.3 is 15.5 Å². The Morgan fingerprint density at radius 2 is 1.82 bits per heavy atom. The van der Waals surface area contributed by atoms with Crippen LogP contribution >= 0.6 is 47.0 Å². The fraction of sp³-hybridized carbons (Fsp3) is 0.263. The van der Waals surface area contributed by atoms with Crippen LogP contribution in [0.5, 0.6) is 0 Å². The topological polar surface area (TPSA) is 62.4 Å². The van der Waals surface area contributed by atoms with E-state index < -0.39 is 15.9 Å². The van der Waals surface area contributed by atoms with Crippen LogP contribution in [-0.2, 0) is 16.1 Å². The van der Waals surface area contributed by atoms with Crippen molar-refractivity contribution in [3.63, 3.8) is 0 Å². The zero-order valence-electron chi connectivity index (χ0n) is 15.3. The average molecular weight is 461 g/mol. The molecule has 3 N–H and O–H groups in total. The van der Waals surface area contributed by atoms with Gasteiger partial charge in [0.1, 0.15) is 0 Å². The number of aryl methyl sites for hydroxylation is 2. The van der Waals surface area contributed by atoms with E-state index in [-0.39, 0.29) is 11.5 Å². The number of halogens is 3. The second-order valence-electron chi connectivity index (χ2n) is 6.15. The Kier molecular flexibility index (Phi) is 8.34. The van der Waals surface area contributed by atoms with Gasteiger partial charge >= 0.3 is 5.97 Å². The molecule has 0 aliphatic carbocycles. The molecule has 0 radical (unpaired) electrons. The maximum Gasteiger partial charge on any atom is 0.329 e. The molecule has 2 rings (SSSR count). The molecule has 9 heteroatoms. The van der Waals surface area contributed by atoms with Crippen LogP contribution in [0.3, 0.4) is 0 Å². The third kappa shape index (κ3) is 7.45. The molecule has 0 aromatic heterocycles. The quantitative estimate of drug-likeness (QED) is 0.254. The molecule has 0 aliphatic rings. The third-order valence-electron chi connectivity index (χ3n) is 3.73. The number of rotatable bonds is 6. The molecule has 1 atom stereocenters. The van der Waals surface area contributed by atoms with Crippen molar-refractivity contribution in [3.05, 3.63) is 65.2 Å². The van der Waals surface area contributed by atoms with Gasteiger partial charge in [0.25, 0.3) is 0 Å². The largest absolute Gasteiger partial charge is 0.368 e. The number of nitrogens with one attached hydrogen (secondary N) is 3. The Bertz CT molecular complexity index is 829. The smallest absolute Gasteiger partial charge is 0.329 e. The van der Waals surface area contributed by atoms with Crippen LogP contribution in [-0.4, -0.2) is 21.0 Å². The van der Waals surface area contributed by atoms with Crippen molar-refractivity contribution in [1.82, 2.24) is 10.8 Å². The summed E-state index contributed by atoms with van der Waals surface area (Å²) < 4.78 is -1.83. The number of hydroxylamine groups is 1. The molecule has 0 fully saturated rings. The van der Waals surface area contributed by atoms with Crippen molar-refractivity contribution in [2.75, 3.05) is 5.32 Å². The highest BCUT2D eigenvalue weighted by molar-refractivity contribution is 7.80. The van der Waals surface area contributed by atoms with E-state index in [1.807, 2.05) is 62.4 Å². The molecule has 1 unspecified atom stereocenters. The van der Waals surface area contributed by atoms with Gasteiger partial charge in [-0.2, -0.15) is 0 Å². The second kappa shape index (κ2) is 10.3. The van der Waals surface area contributed by atoms with Crippen LogP contribution < -0.4 is 16.1 Å². The van der Waals surface area contributed by atoms with Crippen LogP contribution in [0.25, 0.3) is 0 Å². The molecule has 0 saturated carbocycles. The van der Waals surface area contributed by atoms with Crippen molar-refractivity contribution in [2.45, 2.75) is 30.2 Å². The highest BCUT2D eigenvalue weighted by atomic mass is 35.6. The van der Waals surface area contributed by atoms with E-state index in [1.165, 1.54) is 0 Å². The second-order valence-corrected chi connectivity index (χ2v) is 8.92. The molecule has 0 spiro atoms. The molecular formula is C19H20Cl3N3O2S. The first-order chi connectivity index (χ1) is 13.1. The summed E-state index contributed by atoms with van der Waals surface area (Å²) in [5, 5.41) is 6.06. The Morgan fingerprint density at radius 3 is 2.46 bits per heavy atom. The number of benzene rings is 2. The van der Waals surface area contributed by atoms with Gasteiger partial charge in [0.05, 0.1) is 6.42 Å².